The number of amides is 1. The van der Waals surface area contributed by atoms with Crippen LogP contribution in [0.2, 0.25) is 0 Å². The van der Waals surface area contributed by atoms with E-state index in [9.17, 15) is 13.2 Å². The van der Waals surface area contributed by atoms with E-state index in [4.69, 9.17) is 4.74 Å². The Labute approximate surface area is 217 Å². The normalized spacial score (nSPS) is 11.3. The van der Waals surface area contributed by atoms with E-state index in [0.717, 1.165) is 22.9 Å². The van der Waals surface area contributed by atoms with E-state index < -0.39 is 15.9 Å². The molecule has 0 saturated carbocycles. The van der Waals surface area contributed by atoms with Gasteiger partial charge in [-0.15, -0.1) is 0 Å². The first-order valence-electron chi connectivity index (χ1n) is 11.6. The van der Waals surface area contributed by atoms with Crippen LogP contribution >= 0.6 is 0 Å². The summed E-state index contributed by atoms with van der Waals surface area (Å²) in [7, 11) is -3.52. The molecule has 0 heterocycles. The molecule has 0 radical (unpaired) electrons. The van der Waals surface area contributed by atoms with Crippen molar-refractivity contribution < 1.29 is 17.9 Å². The van der Waals surface area contributed by atoms with Gasteiger partial charge in [0.2, 0.25) is 10.0 Å². The second kappa shape index (κ2) is 12.0. The first kappa shape index (κ1) is 25.7. The first-order valence-corrected chi connectivity index (χ1v) is 13.5. The van der Waals surface area contributed by atoms with Crippen LogP contribution in [0.15, 0.2) is 114 Å². The summed E-state index contributed by atoms with van der Waals surface area (Å²) in [6, 6.07) is 32.9. The lowest BCUT2D eigenvalue weighted by Gasteiger charge is -2.22. The van der Waals surface area contributed by atoms with E-state index in [0.29, 0.717) is 23.6 Å². The van der Waals surface area contributed by atoms with E-state index in [-0.39, 0.29) is 6.54 Å². The van der Waals surface area contributed by atoms with Gasteiger partial charge in [-0.1, -0.05) is 72.8 Å². The zero-order valence-electron chi connectivity index (χ0n) is 20.3. The Morgan fingerprint density at radius 3 is 2.08 bits per heavy atom. The monoisotopic (exact) mass is 513 g/mol. The number of carbonyl (C=O) groups excluding carboxylic acids is 1. The van der Waals surface area contributed by atoms with Gasteiger partial charge < -0.3 is 4.74 Å². The minimum Gasteiger partial charge on any atom is -0.488 e. The number of ether oxygens (including phenoxy) is 1. The Morgan fingerprint density at radius 1 is 0.838 bits per heavy atom. The molecule has 0 aliphatic rings. The van der Waals surface area contributed by atoms with E-state index in [1.165, 1.54) is 10.5 Å². The zero-order chi connectivity index (χ0) is 26.1. The standard InChI is InChI=1S/C29H27N3O4S/c1-37(34,35)32(21-23-10-4-2-5-11-23)27-18-16-25(17-19-27)29(33)31-30-20-26-14-8-9-15-28(26)36-22-24-12-6-3-7-13-24/h2-20H,21-22H2,1H3,(H,31,33)/b30-20-. The summed E-state index contributed by atoms with van der Waals surface area (Å²) in [5, 5.41) is 4.08. The molecule has 188 valence electrons. The molecule has 37 heavy (non-hydrogen) atoms. The number of para-hydroxylation sites is 1. The molecule has 4 aromatic rings. The molecule has 4 rings (SSSR count). The molecule has 4 aromatic carbocycles. The summed E-state index contributed by atoms with van der Waals surface area (Å²) in [5.41, 5.74) is 5.95. The number of anilines is 1. The minimum atomic E-state index is -3.52. The zero-order valence-corrected chi connectivity index (χ0v) is 21.1. The van der Waals surface area contributed by atoms with Crippen LogP contribution < -0.4 is 14.5 Å². The van der Waals surface area contributed by atoms with Gasteiger partial charge in [-0.2, -0.15) is 5.10 Å². The number of hydrazone groups is 1. The second-order valence-electron chi connectivity index (χ2n) is 8.31. The molecule has 1 N–H and O–H groups in total. The van der Waals surface area contributed by atoms with Crippen LogP contribution in [0.4, 0.5) is 5.69 Å². The van der Waals surface area contributed by atoms with E-state index in [1.54, 1.807) is 24.3 Å². The van der Waals surface area contributed by atoms with Gasteiger partial charge in [-0.3, -0.25) is 9.10 Å². The molecule has 0 aliphatic carbocycles. The molecule has 7 nitrogen and oxygen atoms in total. The third kappa shape index (κ3) is 7.28. The van der Waals surface area contributed by atoms with E-state index in [2.05, 4.69) is 10.5 Å². The van der Waals surface area contributed by atoms with Crippen LogP contribution in [-0.4, -0.2) is 26.8 Å². The summed E-state index contributed by atoms with van der Waals surface area (Å²) >= 11 is 0. The number of nitrogens with zero attached hydrogens (tertiary/aromatic N) is 2. The third-order valence-corrected chi connectivity index (χ3v) is 6.65. The summed E-state index contributed by atoms with van der Waals surface area (Å²) in [6.07, 6.45) is 2.69. The van der Waals surface area contributed by atoms with Crippen molar-refractivity contribution in [3.8, 4) is 5.75 Å². The fourth-order valence-electron chi connectivity index (χ4n) is 3.61. The van der Waals surface area contributed by atoms with E-state index >= 15 is 0 Å². The molecule has 0 fully saturated rings. The number of hydrogen-bond acceptors (Lipinski definition) is 5. The van der Waals surface area contributed by atoms with E-state index in [1.807, 2.05) is 84.9 Å². The molecule has 0 bridgehead atoms. The van der Waals surface area contributed by atoms with Crippen molar-refractivity contribution >= 4 is 27.8 Å². The summed E-state index contributed by atoms with van der Waals surface area (Å²) in [5.74, 6) is 0.229. The van der Waals surface area contributed by atoms with Gasteiger partial charge in [0.15, 0.2) is 0 Å². The molecular weight excluding hydrogens is 486 g/mol. The smallest absolute Gasteiger partial charge is 0.271 e. The van der Waals surface area contributed by atoms with Crippen molar-refractivity contribution in [2.45, 2.75) is 13.2 Å². The van der Waals surface area contributed by atoms with Crippen LogP contribution in [0.1, 0.15) is 27.0 Å². The molecule has 8 heteroatoms. The molecule has 0 saturated heterocycles. The maximum Gasteiger partial charge on any atom is 0.271 e. The Kier molecular flexibility index (Phi) is 8.33. The number of hydrogen-bond donors (Lipinski definition) is 1. The summed E-state index contributed by atoms with van der Waals surface area (Å²) in [4.78, 5) is 12.6. The molecule has 0 unspecified atom stereocenters. The highest BCUT2D eigenvalue weighted by Gasteiger charge is 2.18. The number of nitrogens with one attached hydrogen (secondary N) is 1. The van der Waals surface area contributed by atoms with Crippen LogP contribution in [-0.2, 0) is 23.2 Å². The highest BCUT2D eigenvalue weighted by atomic mass is 32.2. The summed E-state index contributed by atoms with van der Waals surface area (Å²) < 4.78 is 32.0. The fraction of sp³-hybridized carbons (Fsp3) is 0.103. The molecule has 0 atom stereocenters. The predicted octanol–water partition coefficient (Wildman–Crippen LogP) is 5.00. The Balaban J connectivity index is 1.40. The van der Waals surface area contributed by atoms with Crippen molar-refractivity contribution in [2.75, 3.05) is 10.6 Å². The topological polar surface area (TPSA) is 88.1 Å². The Morgan fingerprint density at radius 2 is 1.43 bits per heavy atom. The molecule has 0 spiro atoms. The van der Waals surface area contributed by atoms with Crippen LogP contribution in [0, 0.1) is 0 Å². The van der Waals surface area contributed by atoms with Gasteiger partial charge in [0, 0.05) is 11.1 Å². The quantitative estimate of drug-likeness (QED) is 0.239. The van der Waals surface area contributed by atoms with Crippen LogP contribution in [0.5, 0.6) is 5.75 Å². The third-order valence-electron chi connectivity index (χ3n) is 5.51. The van der Waals surface area contributed by atoms with Gasteiger partial charge in [0.1, 0.15) is 12.4 Å². The first-order chi connectivity index (χ1) is 17.9. The average Bonchev–Trinajstić information content (AvgIpc) is 2.92. The molecule has 1 amide bonds. The van der Waals surface area contributed by atoms with Crippen molar-refractivity contribution in [3.05, 3.63) is 131 Å². The van der Waals surface area contributed by atoms with Crippen molar-refractivity contribution in [2.24, 2.45) is 5.10 Å². The lowest BCUT2D eigenvalue weighted by Crippen LogP contribution is -2.29. The van der Waals surface area contributed by atoms with Crippen molar-refractivity contribution in [1.29, 1.82) is 0 Å². The molecule has 0 aliphatic heterocycles. The summed E-state index contributed by atoms with van der Waals surface area (Å²) in [6.45, 7) is 0.612. The number of sulfonamides is 1. The van der Waals surface area contributed by atoms with Gasteiger partial charge in [-0.05, 0) is 47.5 Å². The minimum absolute atomic E-state index is 0.196. The van der Waals surface area contributed by atoms with Gasteiger partial charge >= 0.3 is 0 Å². The number of carbonyl (C=O) groups is 1. The highest BCUT2D eigenvalue weighted by Crippen LogP contribution is 2.21. The van der Waals surface area contributed by atoms with Crippen molar-refractivity contribution in [3.63, 3.8) is 0 Å². The van der Waals surface area contributed by atoms with Gasteiger partial charge in [0.25, 0.3) is 5.91 Å². The predicted molar refractivity (Wildman–Crippen MR) is 146 cm³/mol. The number of benzene rings is 4. The van der Waals surface area contributed by atoms with Gasteiger partial charge in [-0.25, -0.2) is 13.8 Å². The van der Waals surface area contributed by atoms with Crippen LogP contribution in [0.3, 0.4) is 0 Å². The Hall–Kier alpha value is -4.43. The fourth-order valence-corrected chi connectivity index (χ4v) is 4.50. The lowest BCUT2D eigenvalue weighted by atomic mass is 10.2. The van der Waals surface area contributed by atoms with Gasteiger partial charge in [0.05, 0.1) is 24.7 Å². The largest absolute Gasteiger partial charge is 0.488 e. The SMILES string of the molecule is CS(=O)(=O)N(Cc1ccccc1)c1ccc(C(=O)N/N=C\c2ccccc2OCc2ccccc2)cc1. The maximum absolute atomic E-state index is 12.6. The second-order valence-corrected chi connectivity index (χ2v) is 10.2. The van der Waals surface area contributed by atoms with Crippen molar-refractivity contribution in [1.82, 2.24) is 5.43 Å². The average molecular weight is 514 g/mol. The highest BCUT2D eigenvalue weighted by molar-refractivity contribution is 7.92. The molecular formula is C29H27N3O4S. The number of rotatable bonds is 10. The molecule has 0 aromatic heterocycles. The van der Waals surface area contributed by atoms with Crippen LogP contribution in [0.25, 0.3) is 0 Å². The maximum atomic E-state index is 12.6. The Bertz CT molecular complexity index is 1460. The lowest BCUT2D eigenvalue weighted by molar-refractivity contribution is 0.0955.